The minimum atomic E-state index is -3.74. The van der Waals surface area contributed by atoms with Crippen molar-refractivity contribution in [2.24, 2.45) is 0 Å². The second kappa shape index (κ2) is 10.6. The Bertz CT molecular complexity index is 713. The number of ether oxygens (including phenoxy) is 1. The summed E-state index contributed by atoms with van der Waals surface area (Å²) in [7, 11) is -3.74. The third kappa shape index (κ3) is 6.79. The lowest BCUT2D eigenvalue weighted by molar-refractivity contribution is 0.0697. The van der Waals surface area contributed by atoms with Gasteiger partial charge in [-0.15, -0.1) is 0 Å². The molecule has 0 spiro atoms. The smallest absolute Gasteiger partial charge is 0.337 e. The number of carboxylic acid groups (broad SMARTS) is 1. The summed E-state index contributed by atoms with van der Waals surface area (Å²) in [5.74, 6) is -1.16. The molecule has 0 saturated heterocycles. The molecule has 1 aliphatic rings. The molecule has 0 heterocycles. The number of carboxylic acids is 1. The Hall–Kier alpha value is -1.64. The van der Waals surface area contributed by atoms with Crippen molar-refractivity contribution in [1.82, 2.24) is 4.72 Å². The number of sulfonamides is 1. The van der Waals surface area contributed by atoms with Crippen molar-refractivity contribution in [3.05, 3.63) is 23.8 Å². The van der Waals surface area contributed by atoms with E-state index in [9.17, 15) is 18.3 Å². The Morgan fingerprint density at radius 2 is 1.93 bits per heavy atom. The number of nitrogens with one attached hydrogen (secondary N) is 2. The molecule has 0 aliphatic heterocycles. The van der Waals surface area contributed by atoms with E-state index in [-0.39, 0.29) is 16.5 Å². The number of hydrogen-bond acceptors (Lipinski definition) is 5. The molecule has 0 radical (unpaired) electrons. The van der Waals surface area contributed by atoms with Crippen molar-refractivity contribution in [3.63, 3.8) is 0 Å². The number of aromatic carboxylic acids is 1. The molecule has 1 aromatic rings. The Labute approximate surface area is 161 Å². The van der Waals surface area contributed by atoms with Crippen LogP contribution in [0.15, 0.2) is 23.1 Å². The fourth-order valence-corrected chi connectivity index (χ4v) is 4.58. The van der Waals surface area contributed by atoms with E-state index in [2.05, 4.69) is 10.0 Å². The molecule has 27 heavy (non-hydrogen) atoms. The van der Waals surface area contributed by atoms with Crippen molar-refractivity contribution in [3.8, 4) is 0 Å². The zero-order valence-corrected chi connectivity index (χ0v) is 16.7. The summed E-state index contributed by atoms with van der Waals surface area (Å²) < 4.78 is 33.4. The molecular weight excluding hydrogens is 368 g/mol. The quantitative estimate of drug-likeness (QED) is 0.413. The molecule has 1 aliphatic carbocycles. The number of anilines is 1. The zero-order chi connectivity index (χ0) is 19.7. The predicted octanol–water partition coefficient (Wildman–Crippen LogP) is 3.22. The lowest BCUT2D eigenvalue weighted by atomic mass is 10.1. The molecule has 8 heteroatoms. The molecule has 0 aromatic heterocycles. The van der Waals surface area contributed by atoms with Gasteiger partial charge in [0.25, 0.3) is 0 Å². The maximum absolute atomic E-state index is 12.7. The molecule has 7 nitrogen and oxygen atoms in total. The fraction of sp³-hybridized carbons (Fsp3) is 0.632. The van der Waals surface area contributed by atoms with Gasteiger partial charge in [0.15, 0.2) is 0 Å². The monoisotopic (exact) mass is 398 g/mol. The predicted molar refractivity (Wildman–Crippen MR) is 105 cm³/mol. The van der Waals surface area contributed by atoms with Crippen LogP contribution in [0.2, 0.25) is 0 Å². The number of rotatable bonds is 10. The summed E-state index contributed by atoms with van der Waals surface area (Å²) in [6.45, 7) is 3.69. The van der Waals surface area contributed by atoms with E-state index in [1.807, 2.05) is 6.92 Å². The highest BCUT2D eigenvalue weighted by atomic mass is 32.2. The second-order valence-corrected chi connectivity index (χ2v) is 8.51. The molecule has 0 amide bonds. The summed E-state index contributed by atoms with van der Waals surface area (Å²) in [5, 5.41) is 12.5. The van der Waals surface area contributed by atoms with Crippen LogP contribution in [0.25, 0.3) is 0 Å². The normalized spacial score (nSPS) is 16.0. The first kappa shape index (κ1) is 21.7. The van der Waals surface area contributed by atoms with Crippen LogP contribution in [0.1, 0.15) is 62.2 Å². The first-order valence-corrected chi connectivity index (χ1v) is 11.1. The number of hydrogen-bond donors (Lipinski definition) is 3. The van der Waals surface area contributed by atoms with Crippen molar-refractivity contribution in [1.29, 1.82) is 0 Å². The highest BCUT2D eigenvalue weighted by Crippen LogP contribution is 2.23. The first-order chi connectivity index (χ1) is 12.9. The van der Waals surface area contributed by atoms with Gasteiger partial charge in [-0.1, -0.05) is 25.7 Å². The molecule has 152 valence electrons. The molecule has 1 fully saturated rings. The average molecular weight is 399 g/mol. The van der Waals surface area contributed by atoms with Crippen LogP contribution >= 0.6 is 0 Å². The van der Waals surface area contributed by atoms with Gasteiger partial charge in [-0.25, -0.2) is 17.9 Å². The van der Waals surface area contributed by atoms with Crippen molar-refractivity contribution >= 4 is 21.7 Å². The Balaban J connectivity index is 2.09. The van der Waals surface area contributed by atoms with E-state index in [1.54, 1.807) is 0 Å². The van der Waals surface area contributed by atoms with E-state index < -0.39 is 16.0 Å². The summed E-state index contributed by atoms with van der Waals surface area (Å²) in [6, 6.07) is 4.12. The van der Waals surface area contributed by atoms with Gasteiger partial charge in [-0.3, -0.25) is 0 Å². The van der Waals surface area contributed by atoms with Crippen LogP contribution in [-0.4, -0.2) is 45.3 Å². The first-order valence-electron chi connectivity index (χ1n) is 9.65. The van der Waals surface area contributed by atoms with Crippen LogP contribution in [0.4, 0.5) is 5.69 Å². The summed E-state index contributed by atoms with van der Waals surface area (Å²) in [4.78, 5) is 11.6. The van der Waals surface area contributed by atoms with Crippen LogP contribution in [0.5, 0.6) is 0 Å². The molecular formula is C19H30N2O5S. The van der Waals surface area contributed by atoms with Gasteiger partial charge in [0.05, 0.1) is 10.5 Å². The minimum absolute atomic E-state index is 0.0102. The number of benzene rings is 1. The van der Waals surface area contributed by atoms with Gasteiger partial charge in [0.2, 0.25) is 10.0 Å². The van der Waals surface area contributed by atoms with E-state index in [4.69, 9.17) is 4.74 Å². The molecule has 0 unspecified atom stereocenters. The van der Waals surface area contributed by atoms with E-state index >= 15 is 0 Å². The highest BCUT2D eigenvalue weighted by molar-refractivity contribution is 7.89. The van der Waals surface area contributed by atoms with Gasteiger partial charge in [0.1, 0.15) is 0 Å². The molecule has 2 rings (SSSR count). The van der Waals surface area contributed by atoms with E-state index in [0.29, 0.717) is 25.4 Å². The van der Waals surface area contributed by atoms with Gasteiger partial charge in [0, 0.05) is 31.5 Å². The summed E-state index contributed by atoms with van der Waals surface area (Å²) in [6.07, 6.45) is 6.66. The van der Waals surface area contributed by atoms with E-state index in [1.165, 1.54) is 18.2 Å². The highest BCUT2D eigenvalue weighted by Gasteiger charge is 2.23. The molecule has 0 atom stereocenters. The third-order valence-electron chi connectivity index (χ3n) is 4.69. The zero-order valence-electron chi connectivity index (χ0n) is 15.9. The Kier molecular flexibility index (Phi) is 8.53. The molecule has 1 saturated carbocycles. The molecule has 0 bridgehead atoms. The third-order valence-corrected chi connectivity index (χ3v) is 6.21. The maximum Gasteiger partial charge on any atom is 0.337 e. The van der Waals surface area contributed by atoms with Crippen molar-refractivity contribution in [2.45, 2.75) is 62.8 Å². The standard InChI is InChI=1S/C19H30N2O5S/c1-2-26-13-7-12-20-18-11-10-16(14-17(18)19(22)23)27(24,25)21-15-8-5-3-4-6-9-15/h10-11,14-15,20-21H,2-9,12-13H2,1H3,(H,22,23). The van der Waals surface area contributed by atoms with Gasteiger partial charge < -0.3 is 15.2 Å². The van der Waals surface area contributed by atoms with Gasteiger partial charge >= 0.3 is 5.97 Å². The minimum Gasteiger partial charge on any atom is -0.478 e. The number of carbonyl (C=O) groups is 1. The SMILES string of the molecule is CCOCCCNc1ccc(S(=O)(=O)NC2CCCCCC2)cc1C(=O)O. The molecule has 1 aromatic carbocycles. The van der Waals surface area contributed by atoms with Crippen LogP contribution < -0.4 is 10.0 Å². The Morgan fingerprint density at radius 3 is 2.56 bits per heavy atom. The molecule has 3 N–H and O–H groups in total. The van der Waals surface area contributed by atoms with Crippen LogP contribution in [0, 0.1) is 0 Å². The maximum atomic E-state index is 12.7. The van der Waals surface area contributed by atoms with Crippen LogP contribution in [-0.2, 0) is 14.8 Å². The van der Waals surface area contributed by atoms with Crippen molar-refractivity contribution in [2.75, 3.05) is 25.1 Å². The van der Waals surface area contributed by atoms with Crippen molar-refractivity contribution < 1.29 is 23.1 Å². The summed E-state index contributed by atoms with van der Waals surface area (Å²) >= 11 is 0. The van der Waals surface area contributed by atoms with E-state index in [0.717, 1.165) is 44.9 Å². The lowest BCUT2D eigenvalue weighted by Gasteiger charge is -2.17. The topological polar surface area (TPSA) is 105 Å². The fourth-order valence-electron chi connectivity index (χ4n) is 3.25. The van der Waals surface area contributed by atoms with Gasteiger partial charge in [-0.05, 0) is 44.4 Å². The largest absolute Gasteiger partial charge is 0.478 e. The summed E-state index contributed by atoms with van der Waals surface area (Å²) in [5.41, 5.74) is 0.363. The van der Waals surface area contributed by atoms with Crippen LogP contribution in [0.3, 0.4) is 0 Å². The van der Waals surface area contributed by atoms with Gasteiger partial charge in [-0.2, -0.15) is 0 Å². The lowest BCUT2D eigenvalue weighted by Crippen LogP contribution is -2.34. The second-order valence-electron chi connectivity index (χ2n) is 6.80. The average Bonchev–Trinajstić information content (AvgIpc) is 2.89. The Morgan fingerprint density at radius 1 is 1.22 bits per heavy atom.